The first kappa shape index (κ1) is 15.6. The van der Waals surface area contributed by atoms with Gasteiger partial charge in [-0.3, -0.25) is 14.4 Å². The van der Waals surface area contributed by atoms with E-state index in [-0.39, 0.29) is 11.9 Å². The molecule has 1 N–H and O–H groups in total. The van der Waals surface area contributed by atoms with Crippen LogP contribution in [0.3, 0.4) is 0 Å². The molecular formula is C17H22N4O2. The van der Waals surface area contributed by atoms with Gasteiger partial charge in [-0.1, -0.05) is 12.1 Å². The van der Waals surface area contributed by atoms with Crippen molar-refractivity contribution in [3.8, 4) is 5.75 Å². The molecule has 6 nitrogen and oxygen atoms in total. The van der Waals surface area contributed by atoms with Crippen LogP contribution in [0.1, 0.15) is 23.7 Å². The van der Waals surface area contributed by atoms with E-state index in [9.17, 15) is 4.79 Å². The van der Waals surface area contributed by atoms with Crippen molar-refractivity contribution in [3.05, 3.63) is 47.8 Å². The van der Waals surface area contributed by atoms with E-state index in [0.29, 0.717) is 6.42 Å². The lowest BCUT2D eigenvalue weighted by atomic mass is 10.1. The van der Waals surface area contributed by atoms with Gasteiger partial charge in [-0.25, -0.2) is 0 Å². The number of methoxy groups -OCH3 is 1. The molecule has 0 bridgehead atoms. The summed E-state index contributed by atoms with van der Waals surface area (Å²) in [5.41, 5.74) is 2.35. The first-order valence-corrected chi connectivity index (χ1v) is 7.78. The molecule has 2 aromatic rings. The Kier molecular flexibility index (Phi) is 4.62. The summed E-state index contributed by atoms with van der Waals surface area (Å²) < 4.78 is 7.27. The number of ether oxygens (including phenoxy) is 1. The van der Waals surface area contributed by atoms with E-state index in [0.717, 1.165) is 31.1 Å². The van der Waals surface area contributed by atoms with Crippen LogP contribution < -0.4 is 10.1 Å². The summed E-state index contributed by atoms with van der Waals surface area (Å²) in [6.45, 7) is 2.47. The minimum atomic E-state index is 0.0414. The Balaban J connectivity index is 1.75. The van der Waals surface area contributed by atoms with Crippen molar-refractivity contribution in [2.75, 3.05) is 20.7 Å². The van der Waals surface area contributed by atoms with Crippen molar-refractivity contribution in [2.24, 2.45) is 0 Å². The van der Waals surface area contributed by atoms with E-state index in [4.69, 9.17) is 4.74 Å². The Bertz CT molecular complexity index is 683. The van der Waals surface area contributed by atoms with Gasteiger partial charge in [0.25, 0.3) is 0 Å². The topological polar surface area (TPSA) is 59.4 Å². The lowest BCUT2D eigenvalue weighted by Gasteiger charge is -2.33. The molecule has 1 atom stereocenters. The highest BCUT2D eigenvalue weighted by Crippen LogP contribution is 2.25. The first-order valence-electron chi connectivity index (χ1n) is 7.78. The molecule has 1 aromatic carbocycles. The van der Waals surface area contributed by atoms with Crippen molar-refractivity contribution in [3.63, 3.8) is 0 Å². The lowest BCUT2D eigenvalue weighted by Crippen LogP contribution is -2.39. The minimum absolute atomic E-state index is 0.0414. The lowest BCUT2D eigenvalue weighted by molar-refractivity contribution is -0.121. The van der Waals surface area contributed by atoms with E-state index in [1.54, 1.807) is 20.4 Å². The third kappa shape index (κ3) is 3.53. The monoisotopic (exact) mass is 314 g/mol. The number of nitrogens with zero attached hydrogens (tertiary/aromatic N) is 3. The summed E-state index contributed by atoms with van der Waals surface area (Å²) in [4.78, 5) is 14.1. The van der Waals surface area contributed by atoms with Crippen LogP contribution in [0.25, 0.3) is 0 Å². The zero-order valence-electron chi connectivity index (χ0n) is 13.5. The summed E-state index contributed by atoms with van der Waals surface area (Å²) >= 11 is 0. The van der Waals surface area contributed by atoms with Gasteiger partial charge in [0.1, 0.15) is 5.75 Å². The van der Waals surface area contributed by atoms with Gasteiger partial charge in [0, 0.05) is 32.9 Å². The van der Waals surface area contributed by atoms with Gasteiger partial charge in [0.15, 0.2) is 0 Å². The first-order chi connectivity index (χ1) is 11.2. The summed E-state index contributed by atoms with van der Waals surface area (Å²) in [5, 5.41) is 7.08. The predicted molar refractivity (Wildman–Crippen MR) is 87.1 cm³/mol. The fourth-order valence-corrected chi connectivity index (χ4v) is 3.08. The Labute approximate surface area is 136 Å². The number of carbonyl (C=O) groups excluding carboxylic acids is 1. The molecule has 1 aliphatic rings. The third-order valence-corrected chi connectivity index (χ3v) is 4.19. The fraction of sp³-hybridized carbons (Fsp3) is 0.412. The number of hydrogen-bond acceptors (Lipinski definition) is 4. The van der Waals surface area contributed by atoms with Crippen molar-refractivity contribution in [1.29, 1.82) is 0 Å². The van der Waals surface area contributed by atoms with Gasteiger partial charge in [-0.05, 0) is 23.8 Å². The quantitative estimate of drug-likeness (QED) is 0.910. The Morgan fingerprint density at radius 3 is 3.09 bits per heavy atom. The zero-order chi connectivity index (χ0) is 16.2. The molecule has 6 heteroatoms. The number of hydrogen-bond donors (Lipinski definition) is 1. The van der Waals surface area contributed by atoms with Crippen molar-refractivity contribution < 1.29 is 9.53 Å². The van der Waals surface area contributed by atoms with Crippen LogP contribution >= 0.6 is 0 Å². The van der Waals surface area contributed by atoms with Crippen LogP contribution in [-0.2, 0) is 17.9 Å². The van der Waals surface area contributed by atoms with Crippen LogP contribution in [0.4, 0.5) is 0 Å². The normalized spacial score (nSPS) is 17.6. The highest BCUT2D eigenvalue weighted by molar-refractivity contribution is 5.76. The van der Waals surface area contributed by atoms with Gasteiger partial charge in [-0.15, -0.1) is 0 Å². The molecule has 2 heterocycles. The molecule has 0 radical (unpaired) electrons. The fourth-order valence-electron chi connectivity index (χ4n) is 3.08. The summed E-state index contributed by atoms with van der Waals surface area (Å²) in [6, 6.07) is 10.2. The van der Waals surface area contributed by atoms with Gasteiger partial charge < -0.3 is 10.1 Å². The van der Waals surface area contributed by atoms with Gasteiger partial charge >= 0.3 is 0 Å². The number of carbonyl (C=O) groups is 1. The largest absolute Gasteiger partial charge is 0.497 e. The molecule has 1 aliphatic heterocycles. The highest BCUT2D eigenvalue weighted by Gasteiger charge is 2.27. The number of nitrogens with one attached hydrogen (secondary N) is 1. The number of amides is 1. The average molecular weight is 314 g/mol. The maximum absolute atomic E-state index is 11.8. The van der Waals surface area contributed by atoms with Crippen LogP contribution in [0, 0.1) is 0 Å². The molecule has 1 amide bonds. The maximum Gasteiger partial charge on any atom is 0.221 e. The van der Waals surface area contributed by atoms with Crippen molar-refractivity contribution >= 4 is 5.91 Å². The van der Waals surface area contributed by atoms with E-state index in [2.05, 4.69) is 27.4 Å². The van der Waals surface area contributed by atoms with Crippen molar-refractivity contribution in [1.82, 2.24) is 20.0 Å². The second kappa shape index (κ2) is 6.83. The summed E-state index contributed by atoms with van der Waals surface area (Å²) in [6.07, 6.45) is 2.25. The van der Waals surface area contributed by atoms with Crippen LogP contribution in [0.2, 0.25) is 0 Å². The Morgan fingerprint density at radius 1 is 1.43 bits per heavy atom. The van der Waals surface area contributed by atoms with Gasteiger partial charge in [0.2, 0.25) is 5.91 Å². The zero-order valence-corrected chi connectivity index (χ0v) is 13.5. The van der Waals surface area contributed by atoms with E-state index in [1.807, 2.05) is 22.9 Å². The third-order valence-electron chi connectivity index (χ3n) is 4.19. The molecule has 122 valence electrons. The molecule has 0 fully saturated rings. The number of fused-ring (bicyclic) bond motifs is 1. The predicted octanol–water partition coefficient (Wildman–Crippen LogP) is 1.58. The second-order valence-electron chi connectivity index (χ2n) is 5.82. The number of benzene rings is 1. The highest BCUT2D eigenvalue weighted by atomic mass is 16.5. The Morgan fingerprint density at radius 2 is 2.30 bits per heavy atom. The van der Waals surface area contributed by atoms with E-state index < -0.39 is 0 Å². The molecule has 0 saturated heterocycles. The standard InChI is InChI=1S/C17H22N4O2/c1-18-17(22)9-15-12-20(11-14-6-7-19-21(14)15)10-13-4-3-5-16(8-13)23-2/h3-8,15H,9-12H2,1-2H3,(H,18,22)/t15-/m1/s1. The molecule has 0 unspecified atom stereocenters. The van der Waals surface area contributed by atoms with Crippen LogP contribution in [0.5, 0.6) is 5.75 Å². The molecular weight excluding hydrogens is 292 g/mol. The molecule has 1 aromatic heterocycles. The van der Waals surface area contributed by atoms with Gasteiger partial charge in [0.05, 0.1) is 25.3 Å². The minimum Gasteiger partial charge on any atom is -0.497 e. The molecule has 23 heavy (non-hydrogen) atoms. The molecule has 0 spiro atoms. The Hall–Kier alpha value is -2.34. The number of aromatic nitrogens is 2. The summed E-state index contributed by atoms with van der Waals surface area (Å²) in [7, 11) is 3.35. The smallest absolute Gasteiger partial charge is 0.221 e. The van der Waals surface area contributed by atoms with E-state index in [1.165, 1.54) is 5.56 Å². The van der Waals surface area contributed by atoms with Crippen LogP contribution in [0.15, 0.2) is 36.5 Å². The van der Waals surface area contributed by atoms with Gasteiger partial charge in [-0.2, -0.15) is 5.10 Å². The molecule has 3 rings (SSSR count). The molecule has 0 saturated carbocycles. The SMILES string of the molecule is CNC(=O)C[C@@H]1CN(Cc2cccc(OC)c2)Cc2ccnn21. The second-order valence-corrected chi connectivity index (χ2v) is 5.82. The average Bonchev–Trinajstić information content (AvgIpc) is 3.03. The summed E-state index contributed by atoms with van der Waals surface area (Å²) in [5.74, 6) is 0.908. The maximum atomic E-state index is 11.8. The molecule has 0 aliphatic carbocycles. The number of rotatable bonds is 5. The van der Waals surface area contributed by atoms with Crippen molar-refractivity contribution in [2.45, 2.75) is 25.6 Å². The van der Waals surface area contributed by atoms with Crippen LogP contribution in [-0.4, -0.2) is 41.3 Å². The van der Waals surface area contributed by atoms with E-state index >= 15 is 0 Å².